The van der Waals surface area contributed by atoms with Crippen molar-refractivity contribution in [2.24, 2.45) is 0 Å². The van der Waals surface area contributed by atoms with Gasteiger partial charge in [-0.15, -0.1) is 11.3 Å². The topological polar surface area (TPSA) is 85.3 Å². The maximum atomic E-state index is 13.2. The van der Waals surface area contributed by atoms with E-state index < -0.39 is 17.7 Å². The summed E-state index contributed by atoms with van der Waals surface area (Å²) >= 11 is 1.43. The summed E-state index contributed by atoms with van der Waals surface area (Å²) in [5.41, 5.74) is 1.88. The minimum atomic E-state index is -0.756. The normalized spacial score (nSPS) is 18.9. The lowest BCUT2D eigenvalue weighted by Crippen LogP contribution is -2.29. The number of fused-ring (bicyclic) bond motifs is 1. The highest BCUT2D eigenvalue weighted by molar-refractivity contribution is 7.10. The molecule has 1 fully saturated rings. The molecule has 1 saturated heterocycles. The second-order valence-corrected chi connectivity index (χ2v) is 8.35. The monoisotopic (exact) mass is 449 g/mol. The number of amides is 1. The Bertz CT molecular complexity index is 1260. The number of carbonyl (C=O) groups is 2. The molecule has 3 heterocycles. The van der Waals surface area contributed by atoms with Gasteiger partial charge in [0.2, 0.25) is 6.79 Å². The quantitative estimate of drug-likeness (QED) is 0.361. The average molecular weight is 449 g/mol. The van der Waals surface area contributed by atoms with Gasteiger partial charge < -0.3 is 19.3 Å². The maximum Gasteiger partial charge on any atom is 0.300 e. The number of anilines is 1. The molecule has 0 aliphatic carbocycles. The van der Waals surface area contributed by atoms with E-state index >= 15 is 0 Å². The number of aryl methyl sites for hydroxylation is 1. The first-order chi connectivity index (χ1) is 15.5. The lowest BCUT2D eigenvalue weighted by Gasteiger charge is -2.25. The largest absolute Gasteiger partial charge is 0.507 e. The van der Waals surface area contributed by atoms with E-state index in [4.69, 9.17) is 14.2 Å². The van der Waals surface area contributed by atoms with Crippen LogP contribution in [-0.4, -0.2) is 30.7 Å². The standard InChI is InChI=1S/C24H19NO6S/c1-13-9-10-32-23(13)20-19(21(26)14-3-8-17-18(11-14)31-12-30-17)22(27)24(28)25(20)15-4-6-16(29-2)7-5-15/h3-11,20,26H,12H2,1-2H3/b21-19-. The molecule has 1 unspecified atom stereocenters. The highest BCUT2D eigenvalue weighted by Crippen LogP contribution is 2.45. The zero-order chi connectivity index (χ0) is 22.4. The van der Waals surface area contributed by atoms with E-state index in [-0.39, 0.29) is 18.1 Å². The molecule has 0 bridgehead atoms. The van der Waals surface area contributed by atoms with E-state index in [2.05, 4.69) is 0 Å². The Kier molecular flexibility index (Phi) is 4.86. The highest BCUT2D eigenvalue weighted by atomic mass is 32.1. The second-order valence-electron chi connectivity index (χ2n) is 7.40. The summed E-state index contributed by atoms with van der Waals surface area (Å²) in [5, 5.41) is 13.1. The third kappa shape index (κ3) is 3.11. The number of ether oxygens (including phenoxy) is 3. The van der Waals surface area contributed by atoms with E-state index in [9.17, 15) is 14.7 Å². The number of aliphatic hydroxyl groups excluding tert-OH is 1. The Morgan fingerprint density at radius 1 is 1.09 bits per heavy atom. The Balaban J connectivity index is 1.68. The highest BCUT2D eigenvalue weighted by Gasteiger charge is 2.48. The van der Waals surface area contributed by atoms with Crippen molar-refractivity contribution in [3.05, 3.63) is 75.5 Å². The number of nitrogens with zero attached hydrogens (tertiary/aromatic N) is 1. The van der Waals surface area contributed by atoms with Crippen LogP contribution in [0.4, 0.5) is 5.69 Å². The number of thiophene rings is 1. The van der Waals surface area contributed by atoms with Gasteiger partial charge in [0.05, 0.1) is 12.7 Å². The number of rotatable bonds is 4. The molecule has 1 aromatic heterocycles. The molecule has 162 valence electrons. The summed E-state index contributed by atoms with van der Waals surface area (Å²) in [5.74, 6) is -0.0257. The fraction of sp³-hybridized carbons (Fsp3) is 0.167. The number of ketones is 1. The van der Waals surface area contributed by atoms with Crippen LogP contribution in [-0.2, 0) is 9.59 Å². The van der Waals surface area contributed by atoms with Crippen LogP contribution in [0.5, 0.6) is 17.2 Å². The van der Waals surface area contributed by atoms with E-state index in [1.807, 2.05) is 18.4 Å². The van der Waals surface area contributed by atoms with Crippen LogP contribution in [0.1, 0.15) is 22.0 Å². The van der Waals surface area contributed by atoms with Crippen molar-refractivity contribution in [1.29, 1.82) is 0 Å². The molecule has 0 saturated carbocycles. The lowest BCUT2D eigenvalue weighted by atomic mass is 9.98. The summed E-state index contributed by atoms with van der Waals surface area (Å²) in [4.78, 5) is 28.6. The average Bonchev–Trinajstić information content (AvgIpc) is 3.51. The summed E-state index contributed by atoms with van der Waals surface area (Å²) in [6.45, 7) is 2.01. The van der Waals surface area contributed by atoms with Crippen LogP contribution in [0.25, 0.3) is 5.76 Å². The number of Topliss-reactive ketones (excluding diaryl/α,β-unsaturated/α-hetero) is 1. The molecule has 2 aromatic carbocycles. The fourth-order valence-electron chi connectivity index (χ4n) is 3.95. The van der Waals surface area contributed by atoms with Crippen molar-refractivity contribution >= 4 is 34.5 Å². The lowest BCUT2D eigenvalue weighted by molar-refractivity contribution is -0.132. The molecular formula is C24H19NO6S. The van der Waals surface area contributed by atoms with Crippen molar-refractivity contribution in [2.45, 2.75) is 13.0 Å². The minimum absolute atomic E-state index is 0.0373. The molecule has 2 aliphatic heterocycles. The molecule has 1 N–H and O–H groups in total. The van der Waals surface area contributed by atoms with E-state index in [1.54, 1.807) is 49.6 Å². The van der Waals surface area contributed by atoms with Gasteiger partial charge in [-0.1, -0.05) is 0 Å². The molecule has 2 aliphatic rings. The molecular weight excluding hydrogens is 430 g/mol. The third-order valence-corrected chi connectivity index (χ3v) is 6.66. The van der Waals surface area contributed by atoms with Crippen LogP contribution in [0.3, 0.4) is 0 Å². The van der Waals surface area contributed by atoms with E-state index in [0.717, 1.165) is 10.4 Å². The first-order valence-corrected chi connectivity index (χ1v) is 10.8. The first kappa shape index (κ1) is 20.1. The van der Waals surface area contributed by atoms with Crippen molar-refractivity contribution in [3.8, 4) is 17.2 Å². The number of methoxy groups -OCH3 is 1. The Morgan fingerprint density at radius 2 is 1.84 bits per heavy atom. The molecule has 7 nitrogen and oxygen atoms in total. The SMILES string of the molecule is COc1ccc(N2C(=O)C(=O)/C(=C(\O)c3ccc4c(c3)OCO4)C2c2sccc2C)cc1. The molecule has 1 amide bonds. The van der Waals surface area contributed by atoms with Crippen LogP contribution >= 0.6 is 11.3 Å². The molecule has 8 heteroatoms. The van der Waals surface area contributed by atoms with Crippen molar-refractivity contribution in [2.75, 3.05) is 18.8 Å². The van der Waals surface area contributed by atoms with Crippen LogP contribution < -0.4 is 19.1 Å². The predicted molar refractivity (Wildman–Crippen MR) is 119 cm³/mol. The summed E-state index contributed by atoms with van der Waals surface area (Å²) in [6, 6.07) is 13.0. The zero-order valence-electron chi connectivity index (χ0n) is 17.3. The molecule has 0 spiro atoms. The van der Waals surface area contributed by atoms with Gasteiger partial charge in [0.15, 0.2) is 11.5 Å². The van der Waals surface area contributed by atoms with Gasteiger partial charge in [0.1, 0.15) is 17.6 Å². The van der Waals surface area contributed by atoms with Gasteiger partial charge in [-0.2, -0.15) is 0 Å². The van der Waals surface area contributed by atoms with Gasteiger partial charge in [0, 0.05) is 16.1 Å². The Labute approximate surface area is 188 Å². The molecule has 3 aromatic rings. The molecule has 0 radical (unpaired) electrons. The summed E-state index contributed by atoms with van der Waals surface area (Å²) < 4.78 is 15.9. The third-order valence-electron chi connectivity index (χ3n) is 5.59. The van der Waals surface area contributed by atoms with Crippen LogP contribution in [0.15, 0.2) is 59.5 Å². The minimum Gasteiger partial charge on any atom is -0.507 e. The fourth-order valence-corrected chi connectivity index (χ4v) is 4.98. The van der Waals surface area contributed by atoms with Gasteiger partial charge >= 0.3 is 0 Å². The van der Waals surface area contributed by atoms with Crippen molar-refractivity contribution < 1.29 is 28.9 Å². The van der Waals surface area contributed by atoms with Gasteiger partial charge in [0.25, 0.3) is 11.7 Å². The molecule has 5 rings (SSSR count). The van der Waals surface area contributed by atoms with E-state index in [1.165, 1.54) is 16.2 Å². The smallest absolute Gasteiger partial charge is 0.300 e. The van der Waals surface area contributed by atoms with Gasteiger partial charge in [-0.3, -0.25) is 14.5 Å². The number of aliphatic hydroxyl groups is 1. The number of hydrogen-bond acceptors (Lipinski definition) is 7. The van der Waals surface area contributed by atoms with Crippen LogP contribution in [0, 0.1) is 6.92 Å². The number of carbonyl (C=O) groups excluding carboxylic acids is 2. The van der Waals surface area contributed by atoms with Crippen LogP contribution in [0.2, 0.25) is 0 Å². The van der Waals surface area contributed by atoms with Crippen molar-refractivity contribution in [1.82, 2.24) is 0 Å². The van der Waals surface area contributed by atoms with Gasteiger partial charge in [-0.05, 0) is 66.4 Å². The first-order valence-electron chi connectivity index (χ1n) is 9.88. The Morgan fingerprint density at radius 3 is 2.53 bits per heavy atom. The second kappa shape index (κ2) is 7.72. The predicted octanol–water partition coefficient (Wildman–Crippen LogP) is 4.42. The number of hydrogen-bond donors (Lipinski definition) is 1. The van der Waals surface area contributed by atoms with Crippen molar-refractivity contribution in [3.63, 3.8) is 0 Å². The van der Waals surface area contributed by atoms with E-state index in [0.29, 0.717) is 28.5 Å². The Hall–Kier alpha value is -3.78. The zero-order valence-corrected chi connectivity index (χ0v) is 18.1. The maximum absolute atomic E-state index is 13.2. The summed E-state index contributed by atoms with van der Waals surface area (Å²) in [6.07, 6.45) is 0. The molecule has 1 atom stereocenters. The summed E-state index contributed by atoms with van der Waals surface area (Å²) in [7, 11) is 1.56. The number of benzene rings is 2. The van der Waals surface area contributed by atoms with Gasteiger partial charge in [-0.25, -0.2) is 0 Å². The molecule has 32 heavy (non-hydrogen) atoms.